The van der Waals surface area contributed by atoms with Crippen molar-refractivity contribution in [2.45, 2.75) is 17.1 Å². The van der Waals surface area contributed by atoms with Crippen molar-refractivity contribution >= 4 is 42.6 Å². The molecule has 1 fully saturated rings. The Balaban J connectivity index is 1.43. The molecule has 3 aromatic rings. The van der Waals surface area contributed by atoms with Crippen LogP contribution in [0.5, 0.6) is 0 Å². The topological polar surface area (TPSA) is 83.5 Å². The van der Waals surface area contributed by atoms with Gasteiger partial charge in [0.05, 0.1) is 4.90 Å². The molecule has 1 unspecified atom stereocenters. The normalized spacial score (nSPS) is 16.2. The predicted molar refractivity (Wildman–Crippen MR) is 109 cm³/mol. The maximum Gasteiger partial charge on any atom is 0.241 e. The van der Waals surface area contributed by atoms with Gasteiger partial charge in [0.15, 0.2) is 15.0 Å². The third kappa shape index (κ3) is 3.82. The van der Waals surface area contributed by atoms with Gasteiger partial charge in [-0.15, -0.1) is 0 Å². The number of nitrogens with zero attached hydrogens (tertiary/aromatic N) is 4. The Hall–Kier alpha value is -2.59. The maximum atomic E-state index is 13.1. The van der Waals surface area contributed by atoms with Gasteiger partial charge in [0, 0.05) is 32.4 Å². The highest BCUT2D eigenvalue weighted by Gasteiger charge is 2.34. The van der Waals surface area contributed by atoms with Gasteiger partial charge in [0.25, 0.3) is 0 Å². The van der Waals surface area contributed by atoms with Crippen molar-refractivity contribution in [2.24, 2.45) is 0 Å². The quantitative estimate of drug-likeness (QED) is 0.586. The van der Waals surface area contributed by atoms with Gasteiger partial charge in [-0.05, 0) is 43.3 Å². The van der Waals surface area contributed by atoms with Gasteiger partial charge in [0.1, 0.15) is 21.4 Å². The number of benzene rings is 1. The summed E-state index contributed by atoms with van der Waals surface area (Å²) in [6.07, 6.45) is 1.73. The summed E-state index contributed by atoms with van der Waals surface area (Å²) in [5, 5.41) is -0.385. The molecule has 0 bridgehead atoms. The molecule has 10 heteroatoms. The first-order chi connectivity index (χ1) is 13.9. The Bertz CT molecular complexity index is 1110. The number of anilines is 1. The molecular weight excluding hydrogens is 415 g/mol. The predicted octanol–water partition coefficient (Wildman–Crippen LogP) is 2.34. The fraction of sp³-hybridized carbons (Fsp3) is 0.316. The second kappa shape index (κ2) is 7.68. The summed E-state index contributed by atoms with van der Waals surface area (Å²) in [6, 6.07) is 8.28. The van der Waals surface area contributed by atoms with Crippen LogP contribution in [0.2, 0.25) is 0 Å². The van der Waals surface area contributed by atoms with E-state index in [0.717, 1.165) is 27.6 Å². The second-order valence-electron chi connectivity index (χ2n) is 6.78. The molecule has 1 aliphatic heterocycles. The van der Waals surface area contributed by atoms with Crippen LogP contribution in [0.1, 0.15) is 6.92 Å². The molecule has 29 heavy (non-hydrogen) atoms. The smallest absolute Gasteiger partial charge is 0.241 e. The Labute approximate surface area is 171 Å². The molecule has 7 nitrogen and oxygen atoms in total. The summed E-state index contributed by atoms with van der Waals surface area (Å²) in [7, 11) is -3.88. The molecule has 0 radical (unpaired) electrons. The minimum atomic E-state index is -3.88. The van der Waals surface area contributed by atoms with Crippen LogP contribution in [0.3, 0.4) is 0 Å². The van der Waals surface area contributed by atoms with E-state index in [1.165, 1.54) is 30.4 Å². The molecule has 4 rings (SSSR count). The number of hydrogen-bond donors (Lipinski definition) is 0. The van der Waals surface area contributed by atoms with Crippen molar-refractivity contribution in [3.05, 3.63) is 48.4 Å². The lowest BCUT2D eigenvalue weighted by atomic mass is 10.3. The monoisotopic (exact) mass is 434 g/mol. The molecule has 0 N–H and O–H groups in total. The van der Waals surface area contributed by atoms with E-state index < -0.39 is 26.8 Å². The van der Waals surface area contributed by atoms with Crippen LogP contribution in [0.15, 0.2) is 47.5 Å². The summed E-state index contributed by atoms with van der Waals surface area (Å²) < 4.78 is 38.5. The summed E-state index contributed by atoms with van der Waals surface area (Å²) in [5.74, 6) is -0.968. The van der Waals surface area contributed by atoms with E-state index in [-0.39, 0.29) is 4.90 Å². The zero-order valence-corrected chi connectivity index (χ0v) is 17.3. The van der Waals surface area contributed by atoms with E-state index >= 15 is 0 Å². The van der Waals surface area contributed by atoms with E-state index in [1.807, 2.05) is 12.1 Å². The number of carbonyl (C=O) groups excluding carboxylic acids is 1. The molecule has 0 saturated carbocycles. The van der Waals surface area contributed by atoms with Crippen molar-refractivity contribution in [2.75, 3.05) is 31.1 Å². The first kappa shape index (κ1) is 19.7. The lowest BCUT2D eigenvalue weighted by molar-refractivity contribution is -0.130. The van der Waals surface area contributed by atoms with Gasteiger partial charge >= 0.3 is 0 Å². The van der Waals surface area contributed by atoms with Gasteiger partial charge in [-0.1, -0.05) is 11.3 Å². The molecule has 1 aliphatic rings. The van der Waals surface area contributed by atoms with Crippen molar-refractivity contribution in [3.63, 3.8) is 0 Å². The standard InChI is InChI=1S/C19H19FN4O3S2/c1-13(29(26,27)15-6-4-14(20)5-7-15)18(25)23-9-11-24(12-10-23)19-22-16-3-2-8-21-17(16)28-19/h2-8,13H,9-12H2,1H3. The highest BCUT2D eigenvalue weighted by Crippen LogP contribution is 2.28. The van der Waals surface area contributed by atoms with Gasteiger partial charge in [-0.3, -0.25) is 4.79 Å². The van der Waals surface area contributed by atoms with Crippen molar-refractivity contribution in [3.8, 4) is 0 Å². The molecule has 0 spiro atoms. The van der Waals surface area contributed by atoms with Crippen LogP contribution < -0.4 is 4.90 Å². The van der Waals surface area contributed by atoms with Crippen LogP contribution in [0.25, 0.3) is 10.3 Å². The first-order valence-electron chi connectivity index (χ1n) is 9.11. The fourth-order valence-corrected chi connectivity index (χ4v) is 5.53. The van der Waals surface area contributed by atoms with Crippen LogP contribution >= 0.6 is 11.3 Å². The summed E-state index contributed by atoms with van der Waals surface area (Å²) in [5.41, 5.74) is 0.838. The molecule has 2 aromatic heterocycles. The number of fused-ring (bicyclic) bond motifs is 1. The Morgan fingerprint density at radius 3 is 2.48 bits per heavy atom. The number of sulfone groups is 1. The zero-order chi connectivity index (χ0) is 20.6. The van der Waals surface area contributed by atoms with Gasteiger partial charge < -0.3 is 9.80 Å². The molecule has 1 atom stereocenters. The molecular formula is C19H19FN4O3S2. The lowest BCUT2D eigenvalue weighted by Gasteiger charge is -2.35. The highest BCUT2D eigenvalue weighted by atomic mass is 32.2. The minimum absolute atomic E-state index is 0.0552. The van der Waals surface area contributed by atoms with E-state index in [0.29, 0.717) is 26.2 Å². The lowest BCUT2D eigenvalue weighted by Crippen LogP contribution is -2.52. The Kier molecular flexibility index (Phi) is 5.22. The van der Waals surface area contributed by atoms with Crippen LogP contribution in [-0.4, -0.2) is 60.6 Å². The number of aromatic nitrogens is 2. The number of carbonyl (C=O) groups is 1. The van der Waals surface area contributed by atoms with Crippen LogP contribution in [-0.2, 0) is 14.6 Å². The number of piperazine rings is 1. The molecule has 1 amide bonds. The largest absolute Gasteiger partial charge is 0.344 e. The van der Waals surface area contributed by atoms with Crippen molar-refractivity contribution in [1.82, 2.24) is 14.9 Å². The average Bonchev–Trinajstić information content (AvgIpc) is 3.17. The van der Waals surface area contributed by atoms with E-state index in [9.17, 15) is 17.6 Å². The molecule has 1 aromatic carbocycles. The van der Waals surface area contributed by atoms with Gasteiger partial charge in [0.2, 0.25) is 5.91 Å². The molecule has 1 saturated heterocycles. The molecule has 152 valence electrons. The van der Waals surface area contributed by atoms with Crippen molar-refractivity contribution < 1.29 is 17.6 Å². The number of hydrogen-bond acceptors (Lipinski definition) is 7. The second-order valence-corrected chi connectivity index (χ2v) is 10.0. The van der Waals surface area contributed by atoms with E-state index in [2.05, 4.69) is 14.9 Å². The zero-order valence-electron chi connectivity index (χ0n) is 15.7. The van der Waals surface area contributed by atoms with E-state index in [4.69, 9.17) is 0 Å². The molecule has 0 aliphatic carbocycles. The fourth-order valence-electron chi connectivity index (χ4n) is 3.23. The van der Waals surface area contributed by atoms with Crippen LogP contribution in [0, 0.1) is 5.82 Å². The Morgan fingerprint density at radius 2 is 1.83 bits per heavy atom. The van der Waals surface area contributed by atoms with Gasteiger partial charge in [-0.25, -0.2) is 22.8 Å². The molecule has 3 heterocycles. The third-order valence-electron chi connectivity index (χ3n) is 4.97. The number of halogens is 1. The first-order valence-corrected chi connectivity index (χ1v) is 11.5. The SMILES string of the molecule is CC(C(=O)N1CCN(c2nc3cccnc3s2)CC1)S(=O)(=O)c1ccc(F)cc1. The number of rotatable bonds is 4. The Morgan fingerprint density at radius 1 is 1.14 bits per heavy atom. The van der Waals surface area contributed by atoms with Crippen LogP contribution in [0.4, 0.5) is 9.52 Å². The number of amides is 1. The van der Waals surface area contributed by atoms with E-state index in [1.54, 1.807) is 11.1 Å². The average molecular weight is 435 g/mol. The number of pyridine rings is 1. The minimum Gasteiger partial charge on any atom is -0.344 e. The highest BCUT2D eigenvalue weighted by molar-refractivity contribution is 7.92. The third-order valence-corrected chi connectivity index (χ3v) is 8.07. The van der Waals surface area contributed by atoms with Crippen molar-refractivity contribution in [1.29, 1.82) is 0 Å². The number of thiazole rings is 1. The maximum absolute atomic E-state index is 13.1. The van der Waals surface area contributed by atoms with Gasteiger partial charge in [-0.2, -0.15) is 0 Å². The summed E-state index contributed by atoms with van der Waals surface area (Å²) in [4.78, 5) is 26.1. The summed E-state index contributed by atoms with van der Waals surface area (Å²) >= 11 is 1.50. The summed E-state index contributed by atoms with van der Waals surface area (Å²) in [6.45, 7) is 3.33.